The van der Waals surface area contributed by atoms with Crippen molar-refractivity contribution in [2.45, 2.75) is 26.8 Å². The van der Waals surface area contributed by atoms with Crippen molar-refractivity contribution in [3.05, 3.63) is 96.2 Å². The number of benzene rings is 2. The third kappa shape index (κ3) is 5.49. The number of nitro groups is 1. The fraction of sp³-hybridized carbons (Fsp3) is 0.250. The average Bonchev–Trinajstić information content (AvgIpc) is 2.84. The number of nitrogen functional groups attached to an aromatic ring is 1. The molecule has 0 fully saturated rings. The molecule has 0 saturated carbocycles. The summed E-state index contributed by atoms with van der Waals surface area (Å²) >= 11 is 0. The molecule has 0 aliphatic heterocycles. The summed E-state index contributed by atoms with van der Waals surface area (Å²) in [4.78, 5) is 64.5. The van der Waals surface area contributed by atoms with E-state index in [1.807, 2.05) is 6.07 Å². The van der Waals surface area contributed by atoms with Gasteiger partial charge in [0.1, 0.15) is 5.82 Å². The standard InChI is InChI=1S/C24H25N5O7/c1-3-12-27(19(30)14-36-23(32)17-10-7-11-18(15(17)2)29(34)35)20-21(25)28(24(33)26-22(20)31)13-16-8-5-4-6-9-16/h4-11H,3,12-14,25H2,1-2H3,(H,26,31,33). The number of nitrogens with zero attached hydrogens (tertiary/aromatic N) is 3. The van der Waals surface area contributed by atoms with Crippen molar-refractivity contribution in [1.82, 2.24) is 9.55 Å². The van der Waals surface area contributed by atoms with Crippen LogP contribution >= 0.6 is 0 Å². The van der Waals surface area contributed by atoms with Gasteiger partial charge in [-0.3, -0.25) is 29.3 Å². The van der Waals surface area contributed by atoms with Crippen molar-refractivity contribution in [2.75, 3.05) is 23.8 Å². The number of ether oxygens (including phenoxy) is 1. The lowest BCUT2D eigenvalue weighted by molar-refractivity contribution is -0.385. The van der Waals surface area contributed by atoms with Crippen molar-refractivity contribution in [2.24, 2.45) is 0 Å². The van der Waals surface area contributed by atoms with Crippen LogP contribution < -0.4 is 21.9 Å². The Kier molecular flexibility index (Phi) is 8.00. The van der Waals surface area contributed by atoms with Gasteiger partial charge in [-0.1, -0.05) is 43.3 Å². The minimum atomic E-state index is -0.933. The van der Waals surface area contributed by atoms with Crippen molar-refractivity contribution >= 4 is 29.1 Å². The van der Waals surface area contributed by atoms with Crippen LogP contribution in [-0.4, -0.2) is 39.5 Å². The highest BCUT2D eigenvalue weighted by atomic mass is 16.6. The summed E-state index contributed by atoms with van der Waals surface area (Å²) in [7, 11) is 0. The molecule has 12 heteroatoms. The van der Waals surface area contributed by atoms with Gasteiger partial charge in [0.15, 0.2) is 12.3 Å². The molecule has 0 aliphatic rings. The van der Waals surface area contributed by atoms with E-state index in [4.69, 9.17) is 10.5 Å². The van der Waals surface area contributed by atoms with Gasteiger partial charge in [-0.25, -0.2) is 9.59 Å². The zero-order chi connectivity index (χ0) is 26.4. The molecule has 36 heavy (non-hydrogen) atoms. The number of carbonyl (C=O) groups is 2. The van der Waals surface area contributed by atoms with E-state index in [1.165, 1.54) is 25.1 Å². The highest BCUT2D eigenvalue weighted by Crippen LogP contribution is 2.22. The monoisotopic (exact) mass is 495 g/mol. The lowest BCUT2D eigenvalue weighted by Crippen LogP contribution is -2.43. The minimum Gasteiger partial charge on any atom is -0.452 e. The van der Waals surface area contributed by atoms with Gasteiger partial charge in [-0.05, 0) is 25.0 Å². The van der Waals surface area contributed by atoms with E-state index in [0.717, 1.165) is 15.0 Å². The van der Waals surface area contributed by atoms with Crippen LogP contribution in [0.4, 0.5) is 17.2 Å². The maximum atomic E-state index is 13.0. The summed E-state index contributed by atoms with van der Waals surface area (Å²) in [6.07, 6.45) is 0.431. The first-order valence-electron chi connectivity index (χ1n) is 11.0. The molecule has 3 rings (SSSR count). The van der Waals surface area contributed by atoms with Crippen LogP contribution in [0.5, 0.6) is 0 Å². The Labute approximate surface area is 205 Å². The Morgan fingerprint density at radius 1 is 1.14 bits per heavy atom. The fourth-order valence-corrected chi connectivity index (χ4v) is 3.67. The molecule has 1 amide bonds. The molecule has 0 unspecified atom stereocenters. The van der Waals surface area contributed by atoms with E-state index in [0.29, 0.717) is 6.42 Å². The Hall–Kier alpha value is -4.74. The quantitative estimate of drug-likeness (QED) is 0.258. The molecule has 3 N–H and O–H groups in total. The van der Waals surface area contributed by atoms with Crippen LogP contribution in [0.25, 0.3) is 0 Å². The lowest BCUT2D eigenvalue weighted by Gasteiger charge is -2.24. The van der Waals surface area contributed by atoms with Crippen molar-refractivity contribution in [3.63, 3.8) is 0 Å². The molecule has 0 atom stereocenters. The molecule has 12 nitrogen and oxygen atoms in total. The second kappa shape index (κ2) is 11.1. The predicted molar refractivity (Wildman–Crippen MR) is 132 cm³/mol. The van der Waals surface area contributed by atoms with Crippen LogP contribution in [0.2, 0.25) is 0 Å². The van der Waals surface area contributed by atoms with Crippen LogP contribution in [-0.2, 0) is 16.1 Å². The maximum absolute atomic E-state index is 13.0. The van der Waals surface area contributed by atoms with Crippen LogP contribution in [0.1, 0.15) is 34.8 Å². The first-order valence-corrected chi connectivity index (χ1v) is 11.0. The van der Waals surface area contributed by atoms with Crippen molar-refractivity contribution in [1.29, 1.82) is 0 Å². The number of hydrogen-bond acceptors (Lipinski definition) is 8. The number of nitrogens with two attached hydrogens (primary N) is 1. The summed E-state index contributed by atoms with van der Waals surface area (Å²) in [5.74, 6) is -1.90. The number of anilines is 2. The number of H-pyrrole nitrogens is 1. The molecule has 0 spiro atoms. The van der Waals surface area contributed by atoms with E-state index >= 15 is 0 Å². The number of nitro benzene ring substituents is 1. The molecule has 3 aromatic rings. The van der Waals surface area contributed by atoms with Crippen LogP contribution in [0.3, 0.4) is 0 Å². The topological polar surface area (TPSA) is 171 Å². The second-order valence-electron chi connectivity index (χ2n) is 7.89. The molecule has 0 saturated heterocycles. The number of rotatable bonds is 9. The smallest absolute Gasteiger partial charge is 0.339 e. The third-order valence-corrected chi connectivity index (χ3v) is 5.46. The largest absolute Gasteiger partial charge is 0.452 e. The summed E-state index contributed by atoms with van der Waals surface area (Å²) in [6.45, 7) is 2.53. The normalized spacial score (nSPS) is 10.6. The van der Waals surface area contributed by atoms with Crippen molar-refractivity contribution < 1.29 is 19.2 Å². The molecule has 1 heterocycles. The molecular weight excluding hydrogens is 470 g/mol. The number of amides is 1. The average molecular weight is 495 g/mol. The van der Waals surface area contributed by atoms with Gasteiger partial charge in [-0.15, -0.1) is 0 Å². The zero-order valence-electron chi connectivity index (χ0n) is 19.7. The maximum Gasteiger partial charge on any atom is 0.339 e. The van der Waals surface area contributed by atoms with Gasteiger partial charge < -0.3 is 15.4 Å². The first kappa shape index (κ1) is 25.9. The van der Waals surface area contributed by atoms with Crippen molar-refractivity contribution in [3.8, 4) is 0 Å². The van der Waals surface area contributed by atoms with Crippen LogP contribution in [0, 0.1) is 17.0 Å². The van der Waals surface area contributed by atoms with Crippen LogP contribution in [0.15, 0.2) is 58.1 Å². The molecule has 0 radical (unpaired) electrons. The lowest BCUT2D eigenvalue weighted by atomic mass is 10.1. The van der Waals surface area contributed by atoms with E-state index in [9.17, 15) is 29.3 Å². The number of esters is 1. The predicted octanol–water partition coefficient (Wildman–Crippen LogP) is 1.98. The molecule has 2 aromatic carbocycles. The summed E-state index contributed by atoms with van der Waals surface area (Å²) in [6, 6.07) is 12.9. The van der Waals surface area contributed by atoms with E-state index < -0.39 is 34.7 Å². The number of nitrogens with one attached hydrogen (secondary N) is 1. The number of carbonyl (C=O) groups excluding carboxylic acids is 2. The highest BCUT2D eigenvalue weighted by molar-refractivity contribution is 5.99. The first-order chi connectivity index (χ1) is 17.1. The van der Waals surface area contributed by atoms with Gasteiger partial charge in [0.25, 0.3) is 17.2 Å². The summed E-state index contributed by atoms with van der Waals surface area (Å²) < 4.78 is 6.25. The molecule has 0 bridgehead atoms. The molecular formula is C24H25N5O7. The second-order valence-corrected chi connectivity index (χ2v) is 7.89. The fourth-order valence-electron chi connectivity index (χ4n) is 3.67. The summed E-state index contributed by atoms with van der Waals surface area (Å²) in [5, 5.41) is 11.1. The van der Waals surface area contributed by atoms with Gasteiger partial charge in [-0.2, -0.15) is 0 Å². The molecule has 0 aliphatic carbocycles. The summed E-state index contributed by atoms with van der Waals surface area (Å²) in [5.41, 5.74) is 4.89. The third-order valence-electron chi connectivity index (χ3n) is 5.46. The van der Waals surface area contributed by atoms with E-state index in [2.05, 4.69) is 4.98 Å². The Morgan fingerprint density at radius 3 is 2.47 bits per heavy atom. The number of aromatic amines is 1. The molecule has 188 valence electrons. The highest BCUT2D eigenvalue weighted by Gasteiger charge is 2.26. The van der Waals surface area contributed by atoms with E-state index in [1.54, 1.807) is 31.2 Å². The van der Waals surface area contributed by atoms with Gasteiger partial charge in [0.05, 0.1) is 17.0 Å². The Bertz CT molecular complexity index is 1410. The zero-order valence-corrected chi connectivity index (χ0v) is 19.7. The Balaban J connectivity index is 1.88. The van der Waals surface area contributed by atoms with Gasteiger partial charge in [0, 0.05) is 18.2 Å². The minimum absolute atomic E-state index is 0.0586. The number of aromatic nitrogens is 2. The van der Waals surface area contributed by atoms with E-state index in [-0.39, 0.29) is 41.4 Å². The Morgan fingerprint density at radius 2 is 1.83 bits per heavy atom. The SMILES string of the molecule is CCCN(C(=O)COC(=O)c1cccc([N+](=O)[O-])c1C)c1c(N)n(Cc2ccccc2)c(=O)[nH]c1=O. The van der Waals surface area contributed by atoms with Gasteiger partial charge in [0.2, 0.25) is 0 Å². The molecule has 1 aromatic heterocycles. The van der Waals surface area contributed by atoms with Gasteiger partial charge >= 0.3 is 11.7 Å². The number of hydrogen-bond donors (Lipinski definition) is 2.